The predicted molar refractivity (Wildman–Crippen MR) is 65.8 cm³/mol. The van der Waals surface area contributed by atoms with Gasteiger partial charge in [-0.1, -0.05) is 40.5 Å². The van der Waals surface area contributed by atoms with Crippen LogP contribution in [0.4, 0.5) is 0 Å². The monoisotopic (exact) mass is 265 g/mol. The number of hydrogen-bond donors (Lipinski definition) is 1. The Morgan fingerprint density at radius 3 is 2.20 bits per heavy atom. The van der Waals surface area contributed by atoms with E-state index in [1.807, 2.05) is 0 Å². The second-order valence-corrected chi connectivity index (χ2v) is 5.93. The first-order chi connectivity index (χ1) is 7.18. The Hall–Kier alpha value is -0.340. The summed E-state index contributed by atoms with van der Waals surface area (Å²) < 4.78 is 1.24. The molecule has 0 heterocycles. The zero-order valence-corrected chi connectivity index (χ0v) is 10.4. The van der Waals surface area contributed by atoms with E-state index in [1.54, 1.807) is 0 Å². The molecule has 0 aromatic heterocycles. The molecule has 0 aliphatic heterocycles. The van der Waals surface area contributed by atoms with Crippen LogP contribution in [0, 0.1) is 0 Å². The second-order valence-electron chi connectivity index (χ2n) is 5.07. The van der Waals surface area contributed by atoms with Crippen molar-refractivity contribution in [2.45, 2.75) is 43.1 Å². The molecule has 2 heteroatoms. The second kappa shape index (κ2) is 3.08. The van der Waals surface area contributed by atoms with Crippen LogP contribution in [0.15, 0.2) is 28.7 Å². The van der Waals surface area contributed by atoms with E-state index in [4.69, 9.17) is 5.73 Å². The van der Waals surface area contributed by atoms with Gasteiger partial charge in [0.1, 0.15) is 0 Å². The van der Waals surface area contributed by atoms with Gasteiger partial charge in [-0.3, -0.25) is 0 Å². The van der Waals surface area contributed by atoms with Gasteiger partial charge in [-0.05, 0) is 37.3 Å². The molecule has 0 amide bonds. The van der Waals surface area contributed by atoms with Crippen LogP contribution in [0.5, 0.6) is 0 Å². The third-order valence-electron chi connectivity index (χ3n) is 4.34. The fourth-order valence-corrected chi connectivity index (χ4v) is 3.69. The molecule has 0 spiro atoms. The molecule has 0 radical (unpaired) electrons. The molecule has 1 aromatic rings. The lowest BCUT2D eigenvalue weighted by Crippen LogP contribution is -2.52. The van der Waals surface area contributed by atoms with Crippen LogP contribution in [0.2, 0.25) is 0 Å². The van der Waals surface area contributed by atoms with E-state index in [2.05, 4.69) is 40.2 Å². The summed E-state index contributed by atoms with van der Waals surface area (Å²) in [5, 5.41) is 0. The molecule has 2 fully saturated rings. The molecule has 0 saturated heterocycles. The zero-order valence-electron chi connectivity index (χ0n) is 8.80. The van der Waals surface area contributed by atoms with E-state index in [1.165, 1.54) is 42.1 Å². The van der Waals surface area contributed by atoms with Gasteiger partial charge in [0.05, 0.1) is 0 Å². The van der Waals surface area contributed by atoms with Crippen LogP contribution in [0.25, 0.3) is 0 Å². The molecule has 0 bridgehead atoms. The molecule has 80 valence electrons. The fraction of sp³-hybridized carbons (Fsp3) is 0.538. The lowest BCUT2D eigenvalue weighted by atomic mass is 9.59. The molecule has 2 N–H and O–H groups in total. The molecular weight excluding hydrogens is 250 g/mol. The van der Waals surface area contributed by atoms with Crippen LogP contribution >= 0.6 is 15.9 Å². The van der Waals surface area contributed by atoms with Crippen molar-refractivity contribution in [2.75, 3.05) is 0 Å². The highest BCUT2D eigenvalue weighted by Crippen LogP contribution is 2.60. The molecule has 2 aliphatic rings. The van der Waals surface area contributed by atoms with Gasteiger partial charge in [0, 0.05) is 15.4 Å². The lowest BCUT2D eigenvalue weighted by molar-refractivity contribution is 0.180. The minimum atomic E-state index is 0.106. The van der Waals surface area contributed by atoms with E-state index in [-0.39, 0.29) is 11.0 Å². The minimum Gasteiger partial charge on any atom is -0.324 e. The predicted octanol–water partition coefficient (Wildman–Crippen LogP) is 3.36. The first-order valence-electron chi connectivity index (χ1n) is 5.72. The maximum absolute atomic E-state index is 6.47. The normalized spacial score (nSPS) is 25.7. The SMILES string of the molecule is NC1(C2(c3ccccc3Br)CCC2)CC1. The van der Waals surface area contributed by atoms with Crippen molar-refractivity contribution in [1.29, 1.82) is 0 Å². The van der Waals surface area contributed by atoms with Crippen molar-refractivity contribution in [3.05, 3.63) is 34.3 Å². The Bertz CT molecular complexity index is 391. The first-order valence-corrected chi connectivity index (χ1v) is 6.51. The van der Waals surface area contributed by atoms with Gasteiger partial charge >= 0.3 is 0 Å². The van der Waals surface area contributed by atoms with Crippen molar-refractivity contribution >= 4 is 15.9 Å². The number of nitrogens with two attached hydrogens (primary N) is 1. The maximum atomic E-state index is 6.47. The van der Waals surface area contributed by atoms with E-state index >= 15 is 0 Å². The summed E-state index contributed by atoms with van der Waals surface area (Å²) in [7, 11) is 0. The quantitative estimate of drug-likeness (QED) is 0.872. The Morgan fingerprint density at radius 1 is 1.07 bits per heavy atom. The Balaban J connectivity index is 2.08. The summed E-state index contributed by atoms with van der Waals surface area (Å²) in [6, 6.07) is 8.60. The Kier molecular flexibility index (Phi) is 2.02. The van der Waals surface area contributed by atoms with E-state index in [9.17, 15) is 0 Å². The van der Waals surface area contributed by atoms with Crippen molar-refractivity contribution in [1.82, 2.24) is 0 Å². The highest BCUT2D eigenvalue weighted by Gasteiger charge is 2.60. The van der Waals surface area contributed by atoms with E-state index in [0.29, 0.717) is 0 Å². The molecule has 0 atom stereocenters. The Labute approximate surface area is 99.2 Å². The van der Waals surface area contributed by atoms with E-state index in [0.717, 1.165) is 0 Å². The number of benzene rings is 1. The zero-order chi connectivity index (χ0) is 10.5. The number of hydrogen-bond acceptors (Lipinski definition) is 1. The third-order valence-corrected chi connectivity index (χ3v) is 5.03. The van der Waals surface area contributed by atoms with E-state index < -0.39 is 0 Å². The molecule has 1 nitrogen and oxygen atoms in total. The van der Waals surface area contributed by atoms with Gasteiger partial charge in [0.25, 0.3) is 0 Å². The summed E-state index contributed by atoms with van der Waals surface area (Å²) in [5.74, 6) is 0. The van der Waals surface area contributed by atoms with Gasteiger partial charge < -0.3 is 5.73 Å². The molecule has 3 rings (SSSR count). The van der Waals surface area contributed by atoms with Crippen LogP contribution in [0.3, 0.4) is 0 Å². The average Bonchev–Trinajstić information content (AvgIpc) is 2.86. The Morgan fingerprint density at radius 2 is 1.73 bits per heavy atom. The highest BCUT2D eigenvalue weighted by atomic mass is 79.9. The summed E-state index contributed by atoms with van der Waals surface area (Å²) in [6.45, 7) is 0. The maximum Gasteiger partial charge on any atom is 0.0254 e. The molecule has 2 saturated carbocycles. The van der Waals surface area contributed by atoms with Crippen molar-refractivity contribution in [3.8, 4) is 0 Å². The van der Waals surface area contributed by atoms with Gasteiger partial charge in [-0.2, -0.15) is 0 Å². The topological polar surface area (TPSA) is 26.0 Å². The summed E-state index contributed by atoms with van der Waals surface area (Å²) in [6.07, 6.45) is 6.28. The highest BCUT2D eigenvalue weighted by molar-refractivity contribution is 9.10. The molecule has 0 unspecified atom stereocenters. The van der Waals surface area contributed by atoms with Crippen molar-refractivity contribution in [3.63, 3.8) is 0 Å². The van der Waals surface area contributed by atoms with Gasteiger partial charge in [-0.25, -0.2) is 0 Å². The largest absolute Gasteiger partial charge is 0.324 e. The standard InChI is InChI=1S/C13H16BrN/c14-11-5-2-1-4-10(11)12(6-3-7-12)13(15)8-9-13/h1-2,4-5H,3,6-9,15H2. The fourth-order valence-electron chi connectivity index (χ4n) is 3.03. The van der Waals surface area contributed by atoms with Crippen molar-refractivity contribution in [2.24, 2.45) is 5.73 Å². The molecule has 1 aromatic carbocycles. The van der Waals surface area contributed by atoms with Gasteiger partial charge in [-0.15, -0.1) is 0 Å². The minimum absolute atomic E-state index is 0.106. The molecule has 2 aliphatic carbocycles. The number of halogens is 1. The lowest BCUT2D eigenvalue weighted by Gasteiger charge is -2.48. The summed E-state index contributed by atoms with van der Waals surface area (Å²) >= 11 is 3.67. The molecule has 15 heavy (non-hydrogen) atoms. The van der Waals surface area contributed by atoms with Crippen LogP contribution < -0.4 is 5.73 Å². The van der Waals surface area contributed by atoms with Gasteiger partial charge in [0.15, 0.2) is 0 Å². The van der Waals surface area contributed by atoms with Gasteiger partial charge in [0.2, 0.25) is 0 Å². The van der Waals surface area contributed by atoms with Crippen molar-refractivity contribution < 1.29 is 0 Å². The average molecular weight is 266 g/mol. The smallest absolute Gasteiger partial charge is 0.0254 e. The first kappa shape index (κ1) is 9.86. The summed E-state index contributed by atoms with van der Waals surface area (Å²) in [5.41, 5.74) is 8.30. The van der Waals surface area contributed by atoms with Crippen LogP contribution in [0.1, 0.15) is 37.7 Å². The summed E-state index contributed by atoms with van der Waals surface area (Å²) in [4.78, 5) is 0. The van der Waals surface area contributed by atoms with Crippen LogP contribution in [-0.4, -0.2) is 5.54 Å². The number of rotatable bonds is 2. The molecular formula is C13H16BrN. The third kappa shape index (κ3) is 1.24. The van der Waals surface area contributed by atoms with Crippen LogP contribution in [-0.2, 0) is 5.41 Å².